The smallest absolute Gasteiger partial charge is 0.223 e. The third-order valence-corrected chi connectivity index (χ3v) is 4.79. The number of amides is 1. The molecule has 1 amide bonds. The van der Waals surface area contributed by atoms with Gasteiger partial charge in [-0.15, -0.1) is 0 Å². The van der Waals surface area contributed by atoms with E-state index in [2.05, 4.69) is 39.2 Å². The summed E-state index contributed by atoms with van der Waals surface area (Å²) in [5, 5.41) is 3.12. The molecule has 134 valence electrons. The molecule has 6 heteroatoms. The van der Waals surface area contributed by atoms with Crippen LogP contribution in [0.25, 0.3) is 0 Å². The van der Waals surface area contributed by atoms with Crippen LogP contribution in [0.15, 0.2) is 37.1 Å². The first-order valence-electron chi connectivity index (χ1n) is 9.03. The molecular formula is C19H27N5O. The van der Waals surface area contributed by atoms with E-state index in [1.165, 1.54) is 5.56 Å². The van der Waals surface area contributed by atoms with Gasteiger partial charge in [-0.1, -0.05) is 13.0 Å². The maximum Gasteiger partial charge on any atom is 0.223 e. The number of nitrogens with zero attached hydrogens (tertiary/aromatic N) is 4. The molecule has 1 N–H and O–H groups in total. The molecule has 3 heterocycles. The van der Waals surface area contributed by atoms with Gasteiger partial charge in [0.05, 0.1) is 6.33 Å². The average molecular weight is 341 g/mol. The summed E-state index contributed by atoms with van der Waals surface area (Å²) in [4.78, 5) is 23.2. The lowest BCUT2D eigenvalue weighted by atomic mass is 9.95. The van der Waals surface area contributed by atoms with E-state index in [9.17, 15) is 4.79 Å². The summed E-state index contributed by atoms with van der Waals surface area (Å²) < 4.78 is 2.05. The molecule has 1 fully saturated rings. The number of rotatable bonds is 6. The highest BCUT2D eigenvalue weighted by molar-refractivity contribution is 5.78. The first kappa shape index (κ1) is 17.5. The Morgan fingerprint density at radius 3 is 2.80 bits per heavy atom. The van der Waals surface area contributed by atoms with E-state index in [1.54, 1.807) is 6.20 Å². The second kappa shape index (κ2) is 8.14. The number of aromatic nitrogens is 3. The topological polar surface area (TPSA) is 63.1 Å². The van der Waals surface area contributed by atoms with E-state index in [0.717, 1.165) is 38.3 Å². The van der Waals surface area contributed by atoms with Gasteiger partial charge in [0.25, 0.3) is 0 Å². The van der Waals surface area contributed by atoms with Crippen LogP contribution in [-0.2, 0) is 11.3 Å². The molecule has 0 radical (unpaired) electrons. The highest BCUT2D eigenvalue weighted by atomic mass is 16.1. The molecule has 1 saturated heterocycles. The lowest BCUT2D eigenvalue weighted by Crippen LogP contribution is -2.42. The SMILES string of the molecule is Cc1ccc(N2CCC(C(=O)NCC(C)Cn3ccnc3)CC2)nc1. The summed E-state index contributed by atoms with van der Waals surface area (Å²) >= 11 is 0. The number of hydrogen-bond acceptors (Lipinski definition) is 4. The summed E-state index contributed by atoms with van der Waals surface area (Å²) in [6, 6.07) is 4.15. The summed E-state index contributed by atoms with van der Waals surface area (Å²) in [6.07, 6.45) is 9.21. The van der Waals surface area contributed by atoms with Crippen LogP contribution >= 0.6 is 0 Å². The van der Waals surface area contributed by atoms with Crippen molar-refractivity contribution in [2.45, 2.75) is 33.2 Å². The summed E-state index contributed by atoms with van der Waals surface area (Å²) in [6.45, 7) is 7.54. The highest BCUT2D eigenvalue weighted by Crippen LogP contribution is 2.22. The number of imidazole rings is 1. The van der Waals surface area contributed by atoms with Crippen LogP contribution in [0.2, 0.25) is 0 Å². The van der Waals surface area contributed by atoms with Crippen LogP contribution < -0.4 is 10.2 Å². The molecule has 0 bridgehead atoms. The number of carbonyl (C=O) groups excluding carboxylic acids is 1. The van der Waals surface area contributed by atoms with Crippen LogP contribution in [0.4, 0.5) is 5.82 Å². The molecule has 0 saturated carbocycles. The number of aryl methyl sites for hydroxylation is 1. The van der Waals surface area contributed by atoms with Gasteiger partial charge in [0.15, 0.2) is 0 Å². The number of anilines is 1. The number of piperidine rings is 1. The molecule has 0 spiro atoms. The van der Waals surface area contributed by atoms with E-state index < -0.39 is 0 Å². The Labute approximate surface area is 149 Å². The fourth-order valence-electron chi connectivity index (χ4n) is 3.26. The van der Waals surface area contributed by atoms with Crippen molar-refractivity contribution < 1.29 is 4.79 Å². The molecule has 2 aromatic rings. The minimum Gasteiger partial charge on any atom is -0.357 e. The van der Waals surface area contributed by atoms with E-state index in [4.69, 9.17) is 0 Å². The van der Waals surface area contributed by atoms with Crippen molar-refractivity contribution in [1.29, 1.82) is 0 Å². The molecule has 3 rings (SSSR count). The third kappa shape index (κ3) is 4.81. The molecule has 1 aliphatic heterocycles. The Kier molecular flexibility index (Phi) is 5.68. The van der Waals surface area contributed by atoms with Crippen LogP contribution in [-0.4, -0.2) is 40.1 Å². The fourth-order valence-corrected chi connectivity index (χ4v) is 3.26. The largest absolute Gasteiger partial charge is 0.357 e. The van der Waals surface area contributed by atoms with E-state index in [-0.39, 0.29) is 11.8 Å². The summed E-state index contributed by atoms with van der Waals surface area (Å²) in [5.41, 5.74) is 1.17. The van der Waals surface area contributed by atoms with Gasteiger partial charge in [0.2, 0.25) is 5.91 Å². The maximum absolute atomic E-state index is 12.4. The molecule has 0 aliphatic carbocycles. The zero-order valence-electron chi connectivity index (χ0n) is 15.1. The van der Waals surface area contributed by atoms with E-state index in [1.807, 2.05) is 30.2 Å². The minimum absolute atomic E-state index is 0.113. The van der Waals surface area contributed by atoms with Gasteiger partial charge in [-0.05, 0) is 37.3 Å². The van der Waals surface area contributed by atoms with Gasteiger partial charge in [-0.2, -0.15) is 0 Å². The molecule has 1 atom stereocenters. The van der Waals surface area contributed by atoms with Crippen molar-refractivity contribution >= 4 is 11.7 Å². The number of nitrogens with one attached hydrogen (secondary N) is 1. The zero-order chi connectivity index (χ0) is 17.6. The molecule has 2 aromatic heterocycles. The predicted octanol–water partition coefficient (Wildman–Crippen LogP) is 2.26. The lowest BCUT2D eigenvalue weighted by molar-refractivity contribution is -0.125. The minimum atomic E-state index is 0.113. The highest BCUT2D eigenvalue weighted by Gasteiger charge is 2.25. The Bertz CT molecular complexity index is 660. The molecule has 0 aromatic carbocycles. The standard InChI is InChI=1S/C19H27N5O/c1-15-3-4-18(21-11-15)24-8-5-17(6-9-24)19(25)22-12-16(2)13-23-10-7-20-14-23/h3-4,7,10-11,14,16-17H,5-6,8-9,12-13H2,1-2H3,(H,22,25). The second-order valence-electron chi connectivity index (χ2n) is 7.06. The van der Waals surface area contributed by atoms with Crippen LogP contribution in [0.1, 0.15) is 25.3 Å². The van der Waals surface area contributed by atoms with Gasteiger partial charge < -0.3 is 14.8 Å². The van der Waals surface area contributed by atoms with Gasteiger partial charge >= 0.3 is 0 Å². The number of hydrogen-bond donors (Lipinski definition) is 1. The van der Waals surface area contributed by atoms with Crippen molar-refractivity contribution in [3.63, 3.8) is 0 Å². The first-order valence-corrected chi connectivity index (χ1v) is 9.03. The van der Waals surface area contributed by atoms with Crippen molar-refractivity contribution in [1.82, 2.24) is 19.9 Å². The fraction of sp³-hybridized carbons (Fsp3) is 0.526. The van der Waals surface area contributed by atoms with Gasteiger partial charge in [-0.3, -0.25) is 4.79 Å². The Hall–Kier alpha value is -2.37. The van der Waals surface area contributed by atoms with Crippen molar-refractivity contribution in [3.05, 3.63) is 42.6 Å². The average Bonchev–Trinajstić information content (AvgIpc) is 3.13. The van der Waals surface area contributed by atoms with Gasteiger partial charge in [0, 0.05) is 50.7 Å². The Balaban J connectivity index is 1.41. The van der Waals surface area contributed by atoms with Gasteiger partial charge in [-0.25, -0.2) is 9.97 Å². The lowest BCUT2D eigenvalue weighted by Gasteiger charge is -2.32. The van der Waals surface area contributed by atoms with Gasteiger partial charge in [0.1, 0.15) is 5.82 Å². The van der Waals surface area contributed by atoms with E-state index >= 15 is 0 Å². The summed E-state index contributed by atoms with van der Waals surface area (Å²) in [7, 11) is 0. The summed E-state index contributed by atoms with van der Waals surface area (Å²) in [5.74, 6) is 1.70. The molecule has 1 unspecified atom stereocenters. The zero-order valence-corrected chi connectivity index (χ0v) is 15.1. The van der Waals surface area contributed by atoms with Crippen LogP contribution in [0.3, 0.4) is 0 Å². The van der Waals surface area contributed by atoms with Crippen molar-refractivity contribution in [2.24, 2.45) is 11.8 Å². The van der Waals surface area contributed by atoms with E-state index in [0.29, 0.717) is 12.5 Å². The predicted molar refractivity (Wildman–Crippen MR) is 98.3 cm³/mol. The number of carbonyl (C=O) groups is 1. The number of pyridine rings is 1. The Morgan fingerprint density at radius 1 is 1.36 bits per heavy atom. The normalized spacial score (nSPS) is 16.6. The molecule has 1 aliphatic rings. The van der Waals surface area contributed by atoms with Crippen molar-refractivity contribution in [2.75, 3.05) is 24.5 Å². The second-order valence-corrected chi connectivity index (χ2v) is 7.06. The Morgan fingerprint density at radius 2 is 2.16 bits per heavy atom. The molecule has 6 nitrogen and oxygen atoms in total. The quantitative estimate of drug-likeness (QED) is 0.875. The first-order chi connectivity index (χ1) is 12.1. The third-order valence-electron chi connectivity index (χ3n) is 4.79. The molecular weight excluding hydrogens is 314 g/mol. The van der Waals surface area contributed by atoms with Crippen LogP contribution in [0, 0.1) is 18.8 Å². The maximum atomic E-state index is 12.4. The monoisotopic (exact) mass is 341 g/mol. The van der Waals surface area contributed by atoms with Crippen LogP contribution in [0.5, 0.6) is 0 Å². The van der Waals surface area contributed by atoms with Crippen molar-refractivity contribution in [3.8, 4) is 0 Å². The molecule has 25 heavy (non-hydrogen) atoms.